The Bertz CT molecular complexity index is 1040. The summed E-state index contributed by atoms with van der Waals surface area (Å²) >= 11 is 6.01. The Hall–Kier alpha value is -2.67. The molecule has 3 aromatic rings. The summed E-state index contributed by atoms with van der Waals surface area (Å²) in [5.41, 5.74) is 1.63. The van der Waals surface area contributed by atoms with Crippen LogP contribution in [0.4, 0.5) is 5.82 Å². The summed E-state index contributed by atoms with van der Waals surface area (Å²) in [5, 5.41) is 14.0. The molecule has 2 aliphatic rings. The highest BCUT2D eigenvalue weighted by molar-refractivity contribution is 6.30. The SMILES string of the molecule is O=C(C1CCN(c2ccc3nnc(-c4ccc(Cl)cc4)n3n2)CC1)N1CCCCC1. The van der Waals surface area contributed by atoms with Crippen LogP contribution >= 0.6 is 11.6 Å². The second kappa shape index (κ2) is 8.22. The maximum atomic E-state index is 12.8. The molecule has 0 unspecified atom stereocenters. The van der Waals surface area contributed by atoms with Crippen molar-refractivity contribution in [3.63, 3.8) is 0 Å². The van der Waals surface area contributed by atoms with Gasteiger partial charge < -0.3 is 9.80 Å². The average molecular weight is 425 g/mol. The third-order valence-electron chi connectivity index (χ3n) is 6.19. The first-order valence-electron chi connectivity index (χ1n) is 10.7. The minimum absolute atomic E-state index is 0.141. The first-order chi connectivity index (χ1) is 14.7. The molecule has 5 rings (SSSR count). The zero-order valence-electron chi connectivity index (χ0n) is 16.9. The molecule has 1 aromatic carbocycles. The van der Waals surface area contributed by atoms with Gasteiger partial charge in [-0.25, -0.2) is 0 Å². The molecule has 30 heavy (non-hydrogen) atoms. The van der Waals surface area contributed by atoms with Gasteiger partial charge in [0.25, 0.3) is 0 Å². The number of carbonyl (C=O) groups is 1. The zero-order chi connectivity index (χ0) is 20.5. The predicted molar refractivity (Wildman–Crippen MR) is 117 cm³/mol. The molecular weight excluding hydrogens is 400 g/mol. The molecular formula is C22H25ClN6O. The number of fused-ring (bicyclic) bond motifs is 1. The van der Waals surface area contributed by atoms with Crippen LogP contribution in [0.25, 0.3) is 17.0 Å². The van der Waals surface area contributed by atoms with E-state index in [1.54, 1.807) is 4.52 Å². The van der Waals surface area contributed by atoms with Crippen molar-refractivity contribution in [3.8, 4) is 11.4 Å². The van der Waals surface area contributed by atoms with E-state index in [4.69, 9.17) is 16.7 Å². The van der Waals surface area contributed by atoms with Crippen LogP contribution in [0.2, 0.25) is 5.02 Å². The maximum absolute atomic E-state index is 12.8. The molecule has 2 saturated heterocycles. The van der Waals surface area contributed by atoms with Crippen LogP contribution in [0.5, 0.6) is 0 Å². The van der Waals surface area contributed by atoms with Crippen molar-refractivity contribution in [3.05, 3.63) is 41.4 Å². The van der Waals surface area contributed by atoms with Crippen molar-refractivity contribution >= 4 is 29.0 Å². The van der Waals surface area contributed by atoms with Crippen molar-refractivity contribution in [1.29, 1.82) is 0 Å². The summed E-state index contributed by atoms with van der Waals surface area (Å²) in [4.78, 5) is 17.2. The van der Waals surface area contributed by atoms with Crippen LogP contribution in [0.15, 0.2) is 36.4 Å². The number of carbonyl (C=O) groups excluding carboxylic acids is 1. The summed E-state index contributed by atoms with van der Waals surface area (Å²) in [5.74, 6) is 2.07. The molecule has 0 spiro atoms. The van der Waals surface area contributed by atoms with E-state index >= 15 is 0 Å². The summed E-state index contributed by atoms with van der Waals surface area (Å²) < 4.78 is 1.78. The van der Waals surface area contributed by atoms with Gasteiger partial charge in [0.1, 0.15) is 5.82 Å². The number of benzene rings is 1. The van der Waals surface area contributed by atoms with Gasteiger partial charge in [0.15, 0.2) is 11.5 Å². The molecule has 0 saturated carbocycles. The molecule has 0 atom stereocenters. The Kier molecular flexibility index (Phi) is 5.29. The van der Waals surface area contributed by atoms with E-state index in [0.29, 0.717) is 22.4 Å². The number of rotatable bonds is 3. The van der Waals surface area contributed by atoms with E-state index in [1.807, 2.05) is 36.4 Å². The Labute approximate surface area is 180 Å². The smallest absolute Gasteiger partial charge is 0.225 e. The number of hydrogen-bond acceptors (Lipinski definition) is 5. The molecule has 0 N–H and O–H groups in total. The lowest BCUT2D eigenvalue weighted by molar-refractivity contribution is -0.137. The predicted octanol–water partition coefficient (Wildman–Crippen LogP) is 3.67. The van der Waals surface area contributed by atoms with Gasteiger partial charge in [0.05, 0.1) is 0 Å². The Morgan fingerprint density at radius 1 is 0.900 bits per heavy atom. The van der Waals surface area contributed by atoms with E-state index in [9.17, 15) is 4.79 Å². The molecule has 4 heterocycles. The third-order valence-corrected chi connectivity index (χ3v) is 6.44. The van der Waals surface area contributed by atoms with E-state index in [0.717, 1.165) is 63.2 Å². The van der Waals surface area contributed by atoms with Gasteiger partial charge >= 0.3 is 0 Å². The molecule has 0 bridgehead atoms. The van der Waals surface area contributed by atoms with Gasteiger partial charge in [-0.15, -0.1) is 15.3 Å². The Morgan fingerprint density at radius 2 is 1.63 bits per heavy atom. The van der Waals surface area contributed by atoms with E-state index in [-0.39, 0.29) is 5.92 Å². The Morgan fingerprint density at radius 3 is 2.37 bits per heavy atom. The minimum atomic E-state index is 0.141. The van der Waals surface area contributed by atoms with Crippen LogP contribution in [-0.4, -0.2) is 56.8 Å². The van der Waals surface area contributed by atoms with Crippen molar-refractivity contribution < 1.29 is 4.79 Å². The molecule has 7 nitrogen and oxygen atoms in total. The van der Waals surface area contributed by atoms with Crippen molar-refractivity contribution in [2.24, 2.45) is 5.92 Å². The molecule has 0 radical (unpaired) electrons. The molecule has 2 aromatic heterocycles. The first-order valence-corrected chi connectivity index (χ1v) is 11.1. The van der Waals surface area contributed by atoms with Crippen LogP contribution in [0.3, 0.4) is 0 Å². The number of halogens is 1. The molecule has 2 fully saturated rings. The number of aromatic nitrogens is 4. The highest BCUT2D eigenvalue weighted by Gasteiger charge is 2.29. The van der Waals surface area contributed by atoms with E-state index < -0.39 is 0 Å². The second-order valence-electron chi connectivity index (χ2n) is 8.14. The van der Waals surface area contributed by atoms with Crippen LogP contribution in [-0.2, 0) is 4.79 Å². The number of hydrogen-bond donors (Lipinski definition) is 0. The van der Waals surface area contributed by atoms with Gasteiger partial charge in [-0.05, 0) is 68.5 Å². The highest BCUT2D eigenvalue weighted by Crippen LogP contribution is 2.26. The van der Waals surface area contributed by atoms with E-state index in [2.05, 4.69) is 20.0 Å². The number of anilines is 1. The number of amides is 1. The van der Waals surface area contributed by atoms with Gasteiger partial charge in [0.2, 0.25) is 5.91 Å². The maximum Gasteiger partial charge on any atom is 0.225 e. The normalized spacial score (nSPS) is 18.2. The Balaban J connectivity index is 1.31. The van der Waals surface area contributed by atoms with Gasteiger partial charge in [-0.1, -0.05) is 11.6 Å². The molecule has 156 valence electrons. The molecule has 0 aliphatic carbocycles. The fourth-order valence-electron chi connectivity index (χ4n) is 4.45. The second-order valence-corrected chi connectivity index (χ2v) is 8.58. The molecule has 8 heteroatoms. The van der Waals surface area contributed by atoms with Crippen molar-refractivity contribution in [1.82, 2.24) is 24.7 Å². The van der Waals surface area contributed by atoms with E-state index in [1.165, 1.54) is 6.42 Å². The average Bonchev–Trinajstić information content (AvgIpc) is 3.23. The summed E-state index contributed by atoms with van der Waals surface area (Å²) in [6, 6.07) is 11.5. The van der Waals surface area contributed by atoms with Gasteiger partial charge in [-0.3, -0.25) is 4.79 Å². The molecule has 2 aliphatic heterocycles. The quantitative estimate of drug-likeness (QED) is 0.641. The number of nitrogens with zero attached hydrogens (tertiary/aromatic N) is 6. The summed E-state index contributed by atoms with van der Waals surface area (Å²) in [7, 11) is 0. The van der Waals surface area contributed by atoms with Crippen LogP contribution in [0, 0.1) is 5.92 Å². The van der Waals surface area contributed by atoms with Crippen LogP contribution in [0.1, 0.15) is 32.1 Å². The largest absolute Gasteiger partial charge is 0.355 e. The van der Waals surface area contributed by atoms with Crippen molar-refractivity contribution in [2.45, 2.75) is 32.1 Å². The minimum Gasteiger partial charge on any atom is -0.355 e. The van der Waals surface area contributed by atoms with Crippen molar-refractivity contribution in [2.75, 3.05) is 31.1 Å². The monoisotopic (exact) mass is 424 g/mol. The number of piperidine rings is 2. The topological polar surface area (TPSA) is 66.6 Å². The lowest BCUT2D eigenvalue weighted by Gasteiger charge is -2.36. The third kappa shape index (κ3) is 3.74. The molecule has 1 amide bonds. The highest BCUT2D eigenvalue weighted by atomic mass is 35.5. The lowest BCUT2D eigenvalue weighted by atomic mass is 9.94. The number of likely N-dealkylation sites (tertiary alicyclic amines) is 1. The zero-order valence-corrected chi connectivity index (χ0v) is 17.6. The van der Waals surface area contributed by atoms with Gasteiger partial charge in [-0.2, -0.15) is 4.52 Å². The lowest BCUT2D eigenvalue weighted by Crippen LogP contribution is -2.44. The van der Waals surface area contributed by atoms with Gasteiger partial charge in [0, 0.05) is 42.7 Å². The fraction of sp³-hybridized carbons (Fsp3) is 0.455. The standard InChI is InChI=1S/C22H25ClN6O/c23-18-6-4-16(5-7-18)21-25-24-19-8-9-20(26-29(19)21)27-14-10-17(11-15-27)22(30)28-12-2-1-3-13-28/h4-9,17H,1-3,10-15H2. The first kappa shape index (κ1) is 19.3. The van der Waals surface area contributed by atoms with Crippen LogP contribution < -0.4 is 4.90 Å². The summed E-state index contributed by atoms with van der Waals surface area (Å²) in [6.07, 6.45) is 5.28. The summed E-state index contributed by atoms with van der Waals surface area (Å²) in [6.45, 7) is 3.53. The fourth-order valence-corrected chi connectivity index (χ4v) is 4.58.